The monoisotopic (exact) mass is 333 g/mol. The molecule has 0 saturated carbocycles. The molecular weight excluding hydrogens is 314 g/mol. The van der Waals surface area contributed by atoms with Crippen molar-refractivity contribution >= 4 is 0 Å². The number of phenols is 2. The van der Waals surface area contributed by atoms with Crippen LogP contribution in [-0.2, 0) is 19.5 Å². The van der Waals surface area contributed by atoms with Crippen molar-refractivity contribution in [3.8, 4) is 22.9 Å². The summed E-state index contributed by atoms with van der Waals surface area (Å²) >= 11 is 0. The standard InChI is InChI=1S/C20H19N3O2/c24-18-8-4-7-15(19(18)25)12-23-10-9-17-16(13-23)11-21-20(22-17)14-5-2-1-3-6-14/h1-8,11,24-25H,9-10,12-13H2. The maximum Gasteiger partial charge on any atom is 0.161 e. The summed E-state index contributed by atoms with van der Waals surface area (Å²) in [6.45, 7) is 2.17. The number of hydrogen-bond donors (Lipinski definition) is 2. The summed E-state index contributed by atoms with van der Waals surface area (Å²) < 4.78 is 0. The van der Waals surface area contributed by atoms with E-state index in [1.807, 2.05) is 42.6 Å². The Morgan fingerprint density at radius 1 is 1.00 bits per heavy atom. The van der Waals surface area contributed by atoms with Crippen molar-refractivity contribution in [3.05, 3.63) is 71.5 Å². The molecule has 1 aliphatic heterocycles. The van der Waals surface area contributed by atoms with Crippen molar-refractivity contribution in [1.82, 2.24) is 14.9 Å². The number of aromatic hydroxyl groups is 2. The van der Waals surface area contributed by atoms with Gasteiger partial charge in [0.15, 0.2) is 17.3 Å². The molecule has 0 atom stereocenters. The number of fused-ring (bicyclic) bond motifs is 1. The van der Waals surface area contributed by atoms with Crippen LogP contribution in [0, 0.1) is 0 Å². The lowest BCUT2D eigenvalue weighted by molar-refractivity contribution is 0.239. The number of benzene rings is 2. The molecule has 1 aliphatic rings. The Bertz CT molecular complexity index is 897. The second kappa shape index (κ2) is 6.53. The second-order valence-corrected chi connectivity index (χ2v) is 6.28. The van der Waals surface area contributed by atoms with E-state index in [2.05, 4.69) is 9.88 Å². The van der Waals surface area contributed by atoms with Crippen molar-refractivity contribution in [3.63, 3.8) is 0 Å². The average Bonchev–Trinajstić information content (AvgIpc) is 2.66. The minimum Gasteiger partial charge on any atom is -0.504 e. The van der Waals surface area contributed by atoms with Crippen LogP contribution in [0.4, 0.5) is 0 Å². The van der Waals surface area contributed by atoms with E-state index < -0.39 is 0 Å². The largest absolute Gasteiger partial charge is 0.504 e. The van der Waals surface area contributed by atoms with Gasteiger partial charge in [-0.25, -0.2) is 9.97 Å². The van der Waals surface area contributed by atoms with Crippen LogP contribution in [0.5, 0.6) is 11.5 Å². The maximum absolute atomic E-state index is 9.98. The predicted octanol–water partition coefficient (Wildman–Crippen LogP) is 3.11. The fourth-order valence-electron chi connectivity index (χ4n) is 3.18. The highest BCUT2D eigenvalue weighted by Crippen LogP contribution is 2.30. The number of rotatable bonds is 3. The lowest BCUT2D eigenvalue weighted by Crippen LogP contribution is -2.31. The van der Waals surface area contributed by atoms with Gasteiger partial charge < -0.3 is 10.2 Å². The van der Waals surface area contributed by atoms with E-state index in [1.165, 1.54) is 6.07 Å². The van der Waals surface area contributed by atoms with Gasteiger partial charge in [0.25, 0.3) is 0 Å². The molecule has 126 valence electrons. The van der Waals surface area contributed by atoms with Crippen LogP contribution >= 0.6 is 0 Å². The number of para-hydroxylation sites is 1. The van der Waals surface area contributed by atoms with Crippen LogP contribution in [0.3, 0.4) is 0 Å². The van der Waals surface area contributed by atoms with E-state index in [1.54, 1.807) is 6.07 Å². The van der Waals surface area contributed by atoms with Crippen molar-refractivity contribution < 1.29 is 10.2 Å². The summed E-state index contributed by atoms with van der Waals surface area (Å²) in [5.41, 5.74) is 3.96. The van der Waals surface area contributed by atoms with Gasteiger partial charge in [-0.15, -0.1) is 0 Å². The zero-order valence-electron chi connectivity index (χ0n) is 13.8. The highest BCUT2D eigenvalue weighted by molar-refractivity contribution is 5.54. The minimum atomic E-state index is -0.0780. The Balaban J connectivity index is 1.53. The van der Waals surface area contributed by atoms with E-state index in [0.29, 0.717) is 6.54 Å². The molecule has 5 heteroatoms. The Kier molecular flexibility index (Phi) is 4.07. The summed E-state index contributed by atoms with van der Waals surface area (Å²) in [4.78, 5) is 11.5. The van der Waals surface area contributed by atoms with Gasteiger partial charge in [0.05, 0.1) is 5.69 Å². The molecule has 0 aliphatic carbocycles. The van der Waals surface area contributed by atoms with Crippen LogP contribution < -0.4 is 0 Å². The first-order valence-corrected chi connectivity index (χ1v) is 8.33. The number of phenolic OH excluding ortho intramolecular Hbond substituents is 2. The van der Waals surface area contributed by atoms with Gasteiger partial charge in [-0.05, 0) is 6.07 Å². The molecule has 3 aromatic rings. The molecule has 0 amide bonds. The number of aromatic nitrogens is 2. The molecule has 1 aromatic heterocycles. The summed E-state index contributed by atoms with van der Waals surface area (Å²) in [5, 5.41) is 19.6. The smallest absolute Gasteiger partial charge is 0.161 e. The number of nitrogens with zero attached hydrogens (tertiary/aromatic N) is 3. The van der Waals surface area contributed by atoms with Gasteiger partial charge in [0.2, 0.25) is 0 Å². The third kappa shape index (κ3) is 3.19. The molecule has 2 aromatic carbocycles. The molecule has 0 bridgehead atoms. The van der Waals surface area contributed by atoms with Gasteiger partial charge in [0, 0.05) is 48.9 Å². The highest BCUT2D eigenvalue weighted by Gasteiger charge is 2.20. The quantitative estimate of drug-likeness (QED) is 0.721. The van der Waals surface area contributed by atoms with E-state index in [-0.39, 0.29) is 11.5 Å². The first-order chi connectivity index (χ1) is 12.2. The molecule has 2 N–H and O–H groups in total. The summed E-state index contributed by atoms with van der Waals surface area (Å²) in [6, 6.07) is 15.1. The molecule has 0 radical (unpaired) electrons. The number of hydrogen-bond acceptors (Lipinski definition) is 5. The molecule has 0 spiro atoms. The highest BCUT2D eigenvalue weighted by atomic mass is 16.3. The molecule has 25 heavy (non-hydrogen) atoms. The first kappa shape index (κ1) is 15.6. The van der Waals surface area contributed by atoms with Crippen LogP contribution in [0.25, 0.3) is 11.4 Å². The van der Waals surface area contributed by atoms with Crippen LogP contribution in [0.1, 0.15) is 16.8 Å². The summed E-state index contributed by atoms with van der Waals surface area (Å²) in [5.74, 6) is 0.646. The Morgan fingerprint density at radius 2 is 1.84 bits per heavy atom. The third-order valence-electron chi connectivity index (χ3n) is 4.54. The first-order valence-electron chi connectivity index (χ1n) is 8.33. The predicted molar refractivity (Wildman–Crippen MR) is 95.1 cm³/mol. The van der Waals surface area contributed by atoms with Crippen LogP contribution in [-0.4, -0.2) is 31.6 Å². The molecule has 0 unspecified atom stereocenters. The normalized spacial score (nSPS) is 14.2. The minimum absolute atomic E-state index is 0.0380. The van der Waals surface area contributed by atoms with Crippen molar-refractivity contribution in [1.29, 1.82) is 0 Å². The second-order valence-electron chi connectivity index (χ2n) is 6.28. The Hall–Kier alpha value is -2.92. The molecule has 0 fully saturated rings. The maximum atomic E-state index is 9.98. The van der Waals surface area contributed by atoms with E-state index in [4.69, 9.17) is 4.98 Å². The van der Waals surface area contributed by atoms with Gasteiger partial charge in [-0.3, -0.25) is 4.90 Å². The van der Waals surface area contributed by atoms with Gasteiger partial charge in [-0.1, -0.05) is 42.5 Å². The zero-order valence-corrected chi connectivity index (χ0v) is 13.8. The SMILES string of the molecule is Oc1cccc(CN2CCc3nc(-c4ccccc4)ncc3C2)c1O. The van der Waals surface area contributed by atoms with Crippen molar-refractivity contribution in [2.24, 2.45) is 0 Å². The topological polar surface area (TPSA) is 69.5 Å². The van der Waals surface area contributed by atoms with Gasteiger partial charge in [0.1, 0.15) is 0 Å². The molecular formula is C20H19N3O2. The zero-order chi connectivity index (χ0) is 17.2. The third-order valence-corrected chi connectivity index (χ3v) is 4.54. The van der Waals surface area contributed by atoms with Crippen LogP contribution in [0.2, 0.25) is 0 Å². The van der Waals surface area contributed by atoms with E-state index >= 15 is 0 Å². The van der Waals surface area contributed by atoms with E-state index in [9.17, 15) is 10.2 Å². The van der Waals surface area contributed by atoms with Gasteiger partial charge in [-0.2, -0.15) is 0 Å². The molecule has 0 saturated heterocycles. The molecule has 2 heterocycles. The lowest BCUT2D eigenvalue weighted by atomic mass is 10.1. The summed E-state index contributed by atoms with van der Waals surface area (Å²) in [6.07, 6.45) is 2.75. The average molecular weight is 333 g/mol. The van der Waals surface area contributed by atoms with Crippen molar-refractivity contribution in [2.75, 3.05) is 6.54 Å². The van der Waals surface area contributed by atoms with E-state index in [0.717, 1.165) is 47.7 Å². The molecule has 4 rings (SSSR count). The van der Waals surface area contributed by atoms with Crippen molar-refractivity contribution in [2.45, 2.75) is 19.5 Å². The lowest BCUT2D eigenvalue weighted by Gasteiger charge is -2.28. The Labute approximate surface area is 146 Å². The fraction of sp³-hybridized carbons (Fsp3) is 0.200. The summed E-state index contributed by atoms with van der Waals surface area (Å²) in [7, 11) is 0. The molecule has 5 nitrogen and oxygen atoms in total. The van der Waals surface area contributed by atoms with Gasteiger partial charge >= 0.3 is 0 Å². The fourth-order valence-corrected chi connectivity index (χ4v) is 3.18. The van der Waals surface area contributed by atoms with Crippen LogP contribution in [0.15, 0.2) is 54.7 Å². The Morgan fingerprint density at radius 3 is 2.68 bits per heavy atom.